The van der Waals surface area contributed by atoms with Crippen LogP contribution in [-0.2, 0) is 0 Å². The van der Waals surface area contributed by atoms with Gasteiger partial charge in [-0.3, -0.25) is 4.79 Å². The third-order valence-corrected chi connectivity index (χ3v) is 2.57. The molecule has 1 aliphatic heterocycles. The number of carbonyl (C=O) groups is 1. The first-order valence-corrected chi connectivity index (χ1v) is 4.59. The Bertz CT molecular complexity index is 389. The molecule has 0 amide bonds. The predicted octanol–water partition coefficient (Wildman–Crippen LogP) is 2.55. The zero-order valence-corrected chi connectivity index (χ0v) is 8.39. The Morgan fingerprint density at radius 2 is 2.23 bits per heavy atom. The number of Topliss-reactive ketones (excluding diaryl/α,β-unsaturated/α-hetero) is 1. The molecule has 4 heteroatoms. The molecule has 1 unspecified atom stereocenters. The van der Waals surface area contributed by atoms with Gasteiger partial charge >= 0.3 is 0 Å². The molecule has 0 saturated carbocycles. The Labute approximate surface area is 82.8 Å². The summed E-state index contributed by atoms with van der Waals surface area (Å²) in [6.07, 6.45) is -0.497. The maximum absolute atomic E-state index is 13.0. The van der Waals surface area contributed by atoms with E-state index in [-0.39, 0.29) is 5.78 Å². The van der Waals surface area contributed by atoms with Crippen molar-refractivity contribution < 1.29 is 13.9 Å². The van der Waals surface area contributed by atoms with Gasteiger partial charge in [0.15, 0.2) is 6.10 Å². The number of carbonyl (C=O) groups excluding carboxylic acids is 1. The van der Waals surface area contributed by atoms with Crippen molar-refractivity contribution in [2.75, 3.05) is 0 Å². The van der Waals surface area contributed by atoms with Crippen LogP contribution in [0.4, 0.5) is 4.39 Å². The number of hydrogen-bond acceptors (Lipinski definition) is 2. The summed E-state index contributed by atoms with van der Waals surface area (Å²) >= 11 is 3.02. The first-order valence-electron chi connectivity index (χ1n) is 3.79. The molecule has 0 spiro atoms. The standard InChI is InChI=1S/C9H6BrFO2/c1-4-9(12)5-2-7(11)6(10)3-8(5)13-4/h2-4H,1H3. The van der Waals surface area contributed by atoms with Crippen LogP contribution in [-0.4, -0.2) is 11.9 Å². The summed E-state index contributed by atoms with van der Waals surface area (Å²) in [5.74, 6) is -0.156. The molecule has 0 aromatic heterocycles. The molecule has 0 fully saturated rings. The van der Waals surface area contributed by atoms with Crippen molar-refractivity contribution in [3.63, 3.8) is 0 Å². The summed E-state index contributed by atoms with van der Waals surface area (Å²) in [5, 5.41) is 0. The highest BCUT2D eigenvalue weighted by molar-refractivity contribution is 9.10. The van der Waals surface area contributed by atoms with Crippen molar-refractivity contribution in [3.05, 3.63) is 28.0 Å². The van der Waals surface area contributed by atoms with Crippen molar-refractivity contribution in [1.82, 2.24) is 0 Å². The van der Waals surface area contributed by atoms with Crippen LogP contribution in [0.3, 0.4) is 0 Å². The lowest BCUT2D eigenvalue weighted by molar-refractivity contribution is 0.0878. The summed E-state index contributed by atoms with van der Waals surface area (Å²) in [4.78, 5) is 11.4. The molecule has 1 aromatic rings. The van der Waals surface area contributed by atoms with Crippen LogP contribution in [0.15, 0.2) is 16.6 Å². The van der Waals surface area contributed by atoms with Gasteiger partial charge < -0.3 is 4.74 Å². The normalized spacial score (nSPS) is 19.9. The second-order valence-corrected chi connectivity index (χ2v) is 3.74. The van der Waals surface area contributed by atoms with E-state index in [2.05, 4.69) is 15.9 Å². The average Bonchev–Trinajstić information content (AvgIpc) is 2.32. The maximum atomic E-state index is 13.0. The Balaban J connectivity index is 2.59. The Morgan fingerprint density at radius 3 is 2.92 bits per heavy atom. The van der Waals surface area contributed by atoms with E-state index < -0.39 is 11.9 Å². The molecule has 0 aliphatic carbocycles. The number of ether oxygens (including phenoxy) is 1. The van der Waals surface area contributed by atoms with Gasteiger partial charge in [0.05, 0.1) is 10.0 Å². The topological polar surface area (TPSA) is 26.3 Å². The highest BCUT2D eigenvalue weighted by Crippen LogP contribution is 2.33. The summed E-state index contributed by atoms with van der Waals surface area (Å²) in [5.41, 5.74) is 0.327. The van der Waals surface area contributed by atoms with E-state index in [1.54, 1.807) is 6.92 Å². The lowest BCUT2D eigenvalue weighted by Gasteiger charge is -2.00. The zero-order chi connectivity index (χ0) is 9.59. The minimum absolute atomic E-state index is 0.165. The Hall–Kier alpha value is -0.900. The largest absolute Gasteiger partial charge is 0.482 e. The Kier molecular flexibility index (Phi) is 1.87. The van der Waals surface area contributed by atoms with Crippen LogP contribution in [0, 0.1) is 5.82 Å². The molecule has 1 aliphatic rings. The quantitative estimate of drug-likeness (QED) is 0.702. The third-order valence-electron chi connectivity index (χ3n) is 1.96. The van der Waals surface area contributed by atoms with Crippen molar-refractivity contribution in [3.8, 4) is 5.75 Å². The second-order valence-electron chi connectivity index (χ2n) is 2.89. The summed E-state index contributed by atoms with van der Waals surface area (Å²) in [7, 11) is 0. The smallest absolute Gasteiger partial charge is 0.206 e. The van der Waals surface area contributed by atoms with Gasteiger partial charge in [0.2, 0.25) is 5.78 Å². The third kappa shape index (κ3) is 1.25. The van der Waals surface area contributed by atoms with Gasteiger partial charge in [-0.25, -0.2) is 4.39 Å². The van der Waals surface area contributed by atoms with E-state index in [0.717, 1.165) is 0 Å². The first kappa shape index (κ1) is 8.69. The first-order chi connectivity index (χ1) is 6.09. The molecule has 2 rings (SSSR count). The molecule has 1 heterocycles. The molecule has 1 atom stereocenters. The van der Waals surface area contributed by atoms with Crippen molar-refractivity contribution in [1.29, 1.82) is 0 Å². The predicted molar refractivity (Wildman–Crippen MR) is 48.5 cm³/mol. The number of ketones is 1. The van der Waals surface area contributed by atoms with Gasteiger partial charge in [-0.05, 0) is 35.0 Å². The zero-order valence-electron chi connectivity index (χ0n) is 6.80. The van der Waals surface area contributed by atoms with Crippen LogP contribution in [0.1, 0.15) is 17.3 Å². The van der Waals surface area contributed by atoms with Gasteiger partial charge in [-0.15, -0.1) is 0 Å². The van der Waals surface area contributed by atoms with E-state index in [0.29, 0.717) is 15.8 Å². The highest BCUT2D eigenvalue weighted by Gasteiger charge is 2.29. The van der Waals surface area contributed by atoms with Gasteiger partial charge in [-0.2, -0.15) is 0 Å². The second kappa shape index (κ2) is 2.80. The molecule has 13 heavy (non-hydrogen) atoms. The van der Waals surface area contributed by atoms with Crippen LogP contribution in [0.2, 0.25) is 0 Å². The van der Waals surface area contributed by atoms with E-state index in [1.165, 1.54) is 12.1 Å². The minimum Gasteiger partial charge on any atom is -0.482 e. The monoisotopic (exact) mass is 244 g/mol. The fourth-order valence-electron chi connectivity index (χ4n) is 1.28. The molecule has 0 radical (unpaired) electrons. The maximum Gasteiger partial charge on any atom is 0.206 e. The molecular formula is C9H6BrFO2. The minimum atomic E-state index is -0.497. The molecule has 68 valence electrons. The molecule has 2 nitrogen and oxygen atoms in total. The van der Waals surface area contributed by atoms with E-state index in [1.807, 2.05) is 0 Å². The fourth-order valence-corrected chi connectivity index (χ4v) is 1.60. The Morgan fingerprint density at radius 1 is 1.54 bits per heavy atom. The molecule has 0 saturated heterocycles. The lowest BCUT2D eigenvalue weighted by atomic mass is 10.1. The molecule has 0 bridgehead atoms. The van der Waals surface area contributed by atoms with Crippen LogP contribution >= 0.6 is 15.9 Å². The van der Waals surface area contributed by atoms with Gasteiger partial charge in [-0.1, -0.05) is 0 Å². The SMILES string of the molecule is CC1Oc2cc(Br)c(F)cc2C1=O. The van der Waals surface area contributed by atoms with Crippen molar-refractivity contribution >= 4 is 21.7 Å². The average molecular weight is 245 g/mol. The van der Waals surface area contributed by atoms with Crippen LogP contribution in [0.25, 0.3) is 0 Å². The fraction of sp³-hybridized carbons (Fsp3) is 0.222. The van der Waals surface area contributed by atoms with E-state index in [4.69, 9.17) is 4.74 Å². The van der Waals surface area contributed by atoms with Gasteiger partial charge in [0.1, 0.15) is 11.6 Å². The van der Waals surface area contributed by atoms with Crippen LogP contribution < -0.4 is 4.74 Å². The number of fused-ring (bicyclic) bond motifs is 1. The summed E-state index contributed by atoms with van der Waals surface area (Å²) < 4.78 is 18.5. The molecular weight excluding hydrogens is 239 g/mol. The van der Waals surface area contributed by atoms with Crippen molar-refractivity contribution in [2.24, 2.45) is 0 Å². The van der Waals surface area contributed by atoms with Crippen LogP contribution in [0.5, 0.6) is 5.75 Å². The summed E-state index contributed by atoms with van der Waals surface area (Å²) in [6.45, 7) is 1.65. The van der Waals surface area contributed by atoms with Crippen molar-refractivity contribution in [2.45, 2.75) is 13.0 Å². The van der Waals surface area contributed by atoms with E-state index in [9.17, 15) is 9.18 Å². The number of hydrogen-bond donors (Lipinski definition) is 0. The molecule has 1 aromatic carbocycles. The summed E-state index contributed by atoms with van der Waals surface area (Å²) in [6, 6.07) is 2.68. The highest BCUT2D eigenvalue weighted by atomic mass is 79.9. The number of benzene rings is 1. The van der Waals surface area contributed by atoms with E-state index >= 15 is 0 Å². The lowest BCUT2D eigenvalue weighted by Crippen LogP contribution is -2.14. The number of halogens is 2. The van der Waals surface area contributed by atoms with Gasteiger partial charge in [0.25, 0.3) is 0 Å². The molecule has 0 N–H and O–H groups in total. The number of rotatable bonds is 0. The van der Waals surface area contributed by atoms with Gasteiger partial charge in [0, 0.05) is 0 Å².